The number of thiol groups is 1. The van der Waals surface area contributed by atoms with Crippen molar-refractivity contribution in [3.05, 3.63) is 27.7 Å². The molecule has 1 unspecified atom stereocenters. The van der Waals surface area contributed by atoms with E-state index in [-0.39, 0.29) is 5.25 Å². The Bertz CT molecular complexity index is 341. The third-order valence-corrected chi connectivity index (χ3v) is 3.53. The molecule has 0 aliphatic carbocycles. The minimum atomic E-state index is 0.197. The number of fused-ring (bicyclic) bond motifs is 1. The summed E-state index contributed by atoms with van der Waals surface area (Å²) < 4.78 is 0. The molecule has 70 valence electrons. The molecular formula is C9H9Cl2NS. The zero-order valence-electron chi connectivity index (χ0n) is 6.85. The van der Waals surface area contributed by atoms with E-state index in [9.17, 15) is 0 Å². The molecule has 0 bridgehead atoms. The van der Waals surface area contributed by atoms with E-state index in [1.165, 1.54) is 0 Å². The fraction of sp³-hybridized carbons (Fsp3) is 0.333. The van der Waals surface area contributed by atoms with Crippen LogP contribution in [0.5, 0.6) is 0 Å². The number of halogens is 2. The van der Waals surface area contributed by atoms with Crippen LogP contribution in [0.15, 0.2) is 12.1 Å². The van der Waals surface area contributed by atoms with Gasteiger partial charge in [-0.3, -0.25) is 0 Å². The van der Waals surface area contributed by atoms with Gasteiger partial charge >= 0.3 is 0 Å². The fourth-order valence-corrected chi connectivity index (χ4v) is 2.47. The molecule has 1 aliphatic heterocycles. The Morgan fingerprint density at radius 1 is 1.38 bits per heavy atom. The maximum Gasteiger partial charge on any atom is 0.0656 e. The Balaban J connectivity index is 2.58. The van der Waals surface area contributed by atoms with Gasteiger partial charge in [0.05, 0.1) is 10.0 Å². The molecule has 13 heavy (non-hydrogen) atoms. The molecule has 0 amide bonds. The minimum absolute atomic E-state index is 0.197. The molecule has 1 heterocycles. The quantitative estimate of drug-likeness (QED) is 0.651. The normalized spacial score (nSPS) is 20.7. The molecule has 0 aromatic heterocycles. The van der Waals surface area contributed by atoms with Crippen LogP contribution in [0, 0.1) is 0 Å². The topological polar surface area (TPSA) is 12.0 Å². The van der Waals surface area contributed by atoms with Gasteiger partial charge in [-0.15, -0.1) is 0 Å². The fourth-order valence-electron chi connectivity index (χ4n) is 1.53. The number of benzene rings is 1. The molecule has 0 saturated carbocycles. The number of nitrogens with one attached hydrogen (secondary N) is 1. The summed E-state index contributed by atoms with van der Waals surface area (Å²) in [6.45, 7) is 0.944. The first kappa shape index (κ1) is 9.50. The Hall–Kier alpha value is -0.0500. The molecule has 1 aromatic rings. The summed E-state index contributed by atoms with van der Waals surface area (Å²) in [5.74, 6) is 0. The van der Waals surface area contributed by atoms with Crippen molar-refractivity contribution in [1.29, 1.82) is 0 Å². The minimum Gasteiger partial charge on any atom is -0.385 e. The van der Waals surface area contributed by atoms with E-state index in [1.807, 2.05) is 12.1 Å². The monoisotopic (exact) mass is 233 g/mol. The third kappa shape index (κ3) is 1.63. The predicted octanol–water partition coefficient (Wildman–Crippen LogP) is 3.78. The Morgan fingerprint density at radius 2 is 2.15 bits per heavy atom. The molecule has 0 spiro atoms. The van der Waals surface area contributed by atoms with E-state index in [1.54, 1.807) is 0 Å². The first-order valence-corrected chi connectivity index (χ1v) is 5.37. The van der Waals surface area contributed by atoms with Crippen LogP contribution in [0.1, 0.15) is 17.2 Å². The van der Waals surface area contributed by atoms with Gasteiger partial charge in [-0.2, -0.15) is 12.6 Å². The smallest absolute Gasteiger partial charge is 0.0656 e. The van der Waals surface area contributed by atoms with Gasteiger partial charge < -0.3 is 5.32 Å². The second kappa shape index (κ2) is 3.60. The first-order chi connectivity index (χ1) is 6.20. The second-order valence-corrected chi connectivity index (χ2v) is 4.46. The summed E-state index contributed by atoms with van der Waals surface area (Å²) in [4.78, 5) is 0. The van der Waals surface area contributed by atoms with Gasteiger partial charge in [-0.25, -0.2) is 0 Å². The van der Waals surface area contributed by atoms with E-state index in [4.69, 9.17) is 23.2 Å². The lowest BCUT2D eigenvalue weighted by Crippen LogP contribution is -2.14. The molecule has 4 heteroatoms. The summed E-state index contributed by atoms with van der Waals surface area (Å²) in [6, 6.07) is 3.76. The van der Waals surface area contributed by atoms with Crippen LogP contribution in [-0.2, 0) is 0 Å². The highest BCUT2D eigenvalue weighted by molar-refractivity contribution is 7.80. The van der Waals surface area contributed by atoms with Crippen LogP contribution in [-0.4, -0.2) is 6.54 Å². The van der Waals surface area contributed by atoms with Crippen molar-refractivity contribution in [1.82, 2.24) is 0 Å². The molecular weight excluding hydrogens is 225 g/mol. The van der Waals surface area contributed by atoms with E-state index in [2.05, 4.69) is 17.9 Å². The maximum absolute atomic E-state index is 6.09. The predicted molar refractivity (Wildman–Crippen MR) is 61.3 cm³/mol. The average molecular weight is 234 g/mol. The highest BCUT2D eigenvalue weighted by Crippen LogP contribution is 2.41. The summed E-state index contributed by atoms with van der Waals surface area (Å²) >= 11 is 16.5. The van der Waals surface area contributed by atoms with Crippen molar-refractivity contribution in [3.63, 3.8) is 0 Å². The van der Waals surface area contributed by atoms with Crippen LogP contribution in [0.4, 0.5) is 5.69 Å². The van der Waals surface area contributed by atoms with E-state index in [0.717, 1.165) is 24.2 Å². The highest BCUT2D eigenvalue weighted by Gasteiger charge is 2.20. The third-order valence-electron chi connectivity index (χ3n) is 2.20. The summed E-state index contributed by atoms with van der Waals surface area (Å²) in [5.41, 5.74) is 2.09. The first-order valence-electron chi connectivity index (χ1n) is 4.10. The average Bonchev–Trinajstić information content (AvgIpc) is 2.12. The van der Waals surface area contributed by atoms with Gasteiger partial charge in [0.1, 0.15) is 0 Å². The molecule has 1 atom stereocenters. The van der Waals surface area contributed by atoms with Crippen molar-refractivity contribution in [2.24, 2.45) is 0 Å². The second-order valence-electron chi connectivity index (χ2n) is 3.05. The van der Waals surface area contributed by atoms with Crippen molar-refractivity contribution in [3.8, 4) is 0 Å². The molecule has 1 aromatic carbocycles. The van der Waals surface area contributed by atoms with E-state index >= 15 is 0 Å². The lowest BCUT2D eigenvalue weighted by Gasteiger charge is -2.24. The van der Waals surface area contributed by atoms with Crippen LogP contribution in [0.3, 0.4) is 0 Å². The van der Waals surface area contributed by atoms with Crippen molar-refractivity contribution in [2.75, 3.05) is 11.9 Å². The molecule has 0 fully saturated rings. The number of anilines is 1. The van der Waals surface area contributed by atoms with Gasteiger partial charge in [0.2, 0.25) is 0 Å². The summed E-state index contributed by atoms with van der Waals surface area (Å²) in [5, 5.41) is 4.70. The zero-order chi connectivity index (χ0) is 9.42. The van der Waals surface area contributed by atoms with Gasteiger partial charge in [0, 0.05) is 23.0 Å². The maximum atomic E-state index is 6.09. The van der Waals surface area contributed by atoms with Crippen LogP contribution in [0.25, 0.3) is 0 Å². The van der Waals surface area contributed by atoms with Crippen LogP contribution < -0.4 is 5.32 Å². The van der Waals surface area contributed by atoms with Gasteiger partial charge in [-0.05, 0) is 18.6 Å². The SMILES string of the molecule is SC1CCNc2ccc(Cl)c(Cl)c21. The number of hydrogen-bond acceptors (Lipinski definition) is 2. The number of hydrogen-bond donors (Lipinski definition) is 2. The molecule has 2 rings (SSSR count). The standard InChI is InChI=1S/C9H9Cl2NS/c10-5-1-2-6-8(9(5)11)7(13)3-4-12-6/h1-2,7,12-13H,3-4H2. The van der Waals surface area contributed by atoms with Gasteiger partial charge in [-0.1, -0.05) is 23.2 Å². The van der Waals surface area contributed by atoms with E-state index in [0.29, 0.717) is 10.0 Å². The van der Waals surface area contributed by atoms with Crippen molar-refractivity contribution >= 4 is 41.5 Å². The van der Waals surface area contributed by atoms with Crippen molar-refractivity contribution < 1.29 is 0 Å². The van der Waals surface area contributed by atoms with Crippen LogP contribution in [0.2, 0.25) is 10.0 Å². The lowest BCUT2D eigenvalue weighted by molar-refractivity contribution is 0.816. The number of rotatable bonds is 0. The summed E-state index contributed by atoms with van der Waals surface area (Å²) in [7, 11) is 0. The lowest BCUT2D eigenvalue weighted by atomic mass is 10.0. The largest absolute Gasteiger partial charge is 0.385 e. The molecule has 0 saturated heterocycles. The highest BCUT2D eigenvalue weighted by atomic mass is 35.5. The zero-order valence-corrected chi connectivity index (χ0v) is 9.26. The Labute approximate surface area is 92.8 Å². The Morgan fingerprint density at radius 3 is 2.92 bits per heavy atom. The van der Waals surface area contributed by atoms with Crippen LogP contribution >= 0.6 is 35.8 Å². The van der Waals surface area contributed by atoms with Gasteiger partial charge in [0.15, 0.2) is 0 Å². The molecule has 1 aliphatic rings. The molecule has 0 radical (unpaired) electrons. The molecule has 1 nitrogen and oxygen atoms in total. The van der Waals surface area contributed by atoms with Crippen molar-refractivity contribution in [2.45, 2.75) is 11.7 Å². The van der Waals surface area contributed by atoms with Gasteiger partial charge in [0.25, 0.3) is 0 Å². The summed E-state index contributed by atoms with van der Waals surface area (Å²) in [6.07, 6.45) is 0.982. The Kier molecular flexibility index (Phi) is 2.63. The molecule has 1 N–H and O–H groups in total. The van der Waals surface area contributed by atoms with E-state index < -0.39 is 0 Å².